The number of hydroxylamine groups is 2. The summed E-state index contributed by atoms with van der Waals surface area (Å²) in [5.74, 6) is -3.70. The van der Waals surface area contributed by atoms with Crippen molar-refractivity contribution in [3.8, 4) is 0 Å². The Balaban J connectivity index is 1.35. The van der Waals surface area contributed by atoms with Crippen LogP contribution in [0, 0.1) is 23.7 Å². The Morgan fingerprint density at radius 1 is 0.871 bits per heavy atom. The van der Waals surface area contributed by atoms with Gasteiger partial charge in [-0.3, -0.25) is 14.4 Å². The van der Waals surface area contributed by atoms with Crippen LogP contribution in [0.3, 0.4) is 0 Å². The van der Waals surface area contributed by atoms with Gasteiger partial charge in [-0.2, -0.15) is 5.06 Å². The summed E-state index contributed by atoms with van der Waals surface area (Å²) < 4.78 is 4.37. The normalized spacial score (nSPS) is 46.3. The minimum Gasteiger partial charge on any atom is -0.373 e. The number of imide groups is 1. The summed E-state index contributed by atoms with van der Waals surface area (Å²) >= 11 is 40.1. The molecule has 2 amide bonds. The monoisotopic (exact) mass is 541 g/mol. The van der Waals surface area contributed by atoms with Crippen molar-refractivity contribution in [1.82, 2.24) is 5.06 Å². The molecule has 3 heterocycles. The first-order chi connectivity index (χ1) is 14.6. The van der Waals surface area contributed by atoms with E-state index >= 15 is 0 Å². The zero-order valence-electron chi connectivity index (χ0n) is 15.4. The average molecular weight is 544 g/mol. The summed E-state index contributed by atoms with van der Waals surface area (Å²) in [4.78, 5) is 28.9. The summed E-state index contributed by atoms with van der Waals surface area (Å²) in [6, 6.07) is 9.23. The number of nitrogens with zero attached hydrogens (tertiary/aromatic N) is 1. The zero-order chi connectivity index (χ0) is 22.1. The number of halogens is 6. The molecule has 2 aliphatic carbocycles. The molecule has 0 aromatic heterocycles. The standard InChI is InChI=1S/C20H13Cl6NO4/c21-14-15(22)19(24)11-10(18(14,23)20(19,25)26)12-8-9(13(11)31-12)17(29)27(16(8)28)30-6-7-4-2-1-3-5-7/h1-5,8-13H,6H2/t8-,9+,10+,11-,12+,13-,18-,19-/m1/s1. The number of allylic oxidation sites excluding steroid dienone is 2. The minimum atomic E-state index is -1.74. The lowest BCUT2D eigenvalue weighted by Crippen LogP contribution is -2.50. The Labute approximate surface area is 207 Å². The Hall–Kier alpha value is -0.240. The zero-order valence-corrected chi connectivity index (χ0v) is 19.9. The van der Waals surface area contributed by atoms with Crippen molar-refractivity contribution in [2.45, 2.75) is 32.9 Å². The number of hydrogen-bond donors (Lipinski definition) is 0. The van der Waals surface area contributed by atoms with Crippen LogP contribution in [0.5, 0.6) is 0 Å². The molecule has 164 valence electrons. The summed E-state index contributed by atoms with van der Waals surface area (Å²) in [6.45, 7) is 0.0748. The SMILES string of the molecule is O=C1[C@@H]2[C@H]3O[C@@H]([C@@H]2C(=O)N1OCc1ccccc1)[C@@H]1[C@H]3[C@@]2(Cl)C(Cl)=C(Cl)[C@@]1(Cl)C2(Cl)Cl. The predicted molar refractivity (Wildman–Crippen MR) is 116 cm³/mol. The Kier molecular flexibility index (Phi) is 4.43. The van der Waals surface area contributed by atoms with Crippen molar-refractivity contribution in [3.05, 3.63) is 46.0 Å². The molecule has 1 saturated carbocycles. The Bertz CT molecular complexity index is 1010. The van der Waals surface area contributed by atoms with Crippen molar-refractivity contribution in [2.75, 3.05) is 0 Å². The fourth-order valence-electron chi connectivity index (χ4n) is 6.11. The average Bonchev–Trinajstić information content (AvgIpc) is 3.44. The van der Waals surface area contributed by atoms with Crippen molar-refractivity contribution in [1.29, 1.82) is 0 Å². The van der Waals surface area contributed by atoms with E-state index in [4.69, 9.17) is 79.2 Å². The van der Waals surface area contributed by atoms with Gasteiger partial charge in [-0.1, -0.05) is 76.7 Å². The highest BCUT2D eigenvalue weighted by atomic mass is 35.5. The molecule has 6 rings (SSSR count). The number of fused-ring (bicyclic) bond motifs is 12. The topological polar surface area (TPSA) is 55.8 Å². The summed E-state index contributed by atoms with van der Waals surface area (Å²) in [6.07, 6.45) is -1.48. The second kappa shape index (κ2) is 6.45. The van der Waals surface area contributed by atoms with E-state index < -0.39 is 61.8 Å². The van der Waals surface area contributed by atoms with Gasteiger partial charge in [0, 0.05) is 11.8 Å². The van der Waals surface area contributed by atoms with Crippen molar-refractivity contribution < 1.29 is 19.2 Å². The van der Waals surface area contributed by atoms with E-state index in [0.717, 1.165) is 10.6 Å². The van der Waals surface area contributed by atoms with Crippen LogP contribution in [0.15, 0.2) is 40.4 Å². The molecule has 3 aliphatic heterocycles. The third kappa shape index (κ3) is 2.17. The van der Waals surface area contributed by atoms with Crippen LogP contribution in [0.2, 0.25) is 0 Å². The molecule has 0 unspecified atom stereocenters. The van der Waals surface area contributed by atoms with E-state index in [1.54, 1.807) is 0 Å². The molecule has 8 atom stereocenters. The fourth-order valence-corrected chi connectivity index (χ4v) is 9.17. The van der Waals surface area contributed by atoms with Gasteiger partial charge in [0.15, 0.2) is 4.33 Å². The largest absolute Gasteiger partial charge is 0.373 e. The highest BCUT2D eigenvalue weighted by Gasteiger charge is 2.90. The van der Waals surface area contributed by atoms with Crippen LogP contribution in [-0.2, 0) is 25.8 Å². The maximum absolute atomic E-state index is 13.2. The third-order valence-electron chi connectivity index (χ3n) is 7.34. The van der Waals surface area contributed by atoms with E-state index in [1.165, 1.54) is 0 Å². The van der Waals surface area contributed by atoms with Gasteiger partial charge < -0.3 is 4.74 Å². The molecule has 1 aromatic rings. The molecule has 0 radical (unpaired) electrons. The van der Waals surface area contributed by atoms with Gasteiger partial charge in [0.1, 0.15) is 16.4 Å². The molecule has 0 N–H and O–H groups in total. The molecule has 1 aromatic carbocycles. The van der Waals surface area contributed by atoms with E-state index in [0.29, 0.717) is 0 Å². The van der Waals surface area contributed by atoms with Crippen LogP contribution in [0.4, 0.5) is 0 Å². The third-order valence-corrected chi connectivity index (χ3v) is 11.6. The molecule has 3 saturated heterocycles. The number of carbonyl (C=O) groups excluding carboxylic acids is 2. The van der Waals surface area contributed by atoms with Crippen molar-refractivity contribution >= 4 is 81.4 Å². The second-order valence-electron chi connectivity index (χ2n) is 8.52. The van der Waals surface area contributed by atoms with E-state index in [9.17, 15) is 9.59 Å². The van der Waals surface area contributed by atoms with Gasteiger partial charge >= 0.3 is 0 Å². The molecule has 4 fully saturated rings. The first-order valence-electron chi connectivity index (χ1n) is 9.60. The minimum absolute atomic E-state index is 0.0544. The van der Waals surface area contributed by atoms with Gasteiger partial charge in [-0.15, -0.1) is 23.2 Å². The van der Waals surface area contributed by atoms with Gasteiger partial charge in [-0.05, 0) is 5.56 Å². The number of alkyl halides is 4. The highest BCUT2D eigenvalue weighted by Crippen LogP contribution is 2.81. The van der Waals surface area contributed by atoms with Gasteiger partial charge in [-0.25, -0.2) is 0 Å². The van der Waals surface area contributed by atoms with E-state index in [1.807, 2.05) is 30.3 Å². The summed E-state index contributed by atoms with van der Waals surface area (Å²) in [7, 11) is 0. The number of amides is 2. The Morgan fingerprint density at radius 3 is 1.84 bits per heavy atom. The summed E-state index contributed by atoms with van der Waals surface area (Å²) in [5, 5.41) is 0.943. The first-order valence-corrected chi connectivity index (χ1v) is 11.9. The second-order valence-corrected chi connectivity index (χ2v) is 11.8. The first kappa shape index (κ1) is 21.3. The van der Waals surface area contributed by atoms with Crippen LogP contribution in [0.25, 0.3) is 0 Å². The lowest BCUT2D eigenvalue weighted by atomic mass is 9.65. The van der Waals surface area contributed by atoms with Crippen LogP contribution < -0.4 is 0 Å². The molecule has 11 heteroatoms. The van der Waals surface area contributed by atoms with Crippen LogP contribution in [-0.4, -0.2) is 43.2 Å². The molecule has 5 aliphatic rings. The predicted octanol–water partition coefficient (Wildman–Crippen LogP) is 4.58. The Morgan fingerprint density at radius 2 is 1.35 bits per heavy atom. The lowest BCUT2D eigenvalue weighted by molar-refractivity contribution is -0.196. The molecule has 4 bridgehead atoms. The van der Waals surface area contributed by atoms with E-state index in [-0.39, 0.29) is 16.7 Å². The molecule has 0 spiro atoms. The maximum Gasteiger partial charge on any atom is 0.260 e. The van der Waals surface area contributed by atoms with E-state index in [2.05, 4.69) is 0 Å². The number of rotatable bonds is 3. The fraction of sp³-hybridized carbons (Fsp3) is 0.500. The molecule has 5 nitrogen and oxygen atoms in total. The van der Waals surface area contributed by atoms with Gasteiger partial charge in [0.25, 0.3) is 11.8 Å². The number of carbonyl (C=O) groups is 2. The lowest BCUT2D eigenvalue weighted by Gasteiger charge is -2.39. The van der Waals surface area contributed by atoms with Gasteiger partial charge in [0.05, 0.1) is 34.1 Å². The highest BCUT2D eigenvalue weighted by molar-refractivity contribution is 6.65. The number of ether oxygens (including phenoxy) is 1. The number of benzene rings is 1. The molecular weight excluding hydrogens is 531 g/mol. The maximum atomic E-state index is 13.2. The van der Waals surface area contributed by atoms with Crippen molar-refractivity contribution in [3.63, 3.8) is 0 Å². The smallest absolute Gasteiger partial charge is 0.260 e. The molecule has 31 heavy (non-hydrogen) atoms. The van der Waals surface area contributed by atoms with Crippen molar-refractivity contribution in [2.24, 2.45) is 23.7 Å². The number of hydrogen-bond acceptors (Lipinski definition) is 4. The van der Waals surface area contributed by atoms with Crippen LogP contribution >= 0.6 is 69.6 Å². The van der Waals surface area contributed by atoms with Gasteiger partial charge in [0.2, 0.25) is 0 Å². The molecular formula is C20H13Cl6NO4. The van der Waals surface area contributed by atoms with Crippen LogP contribution in [0.1, 0.15) is 5.56 Å². The summed E-state index contributed by atoms with van der Waals surface area (Å²) in [5.41, 5.74) is 0.825. The quantitative estimate of drug-likeness (QED) is 0.414.